The smallest absolute Gasteiger partial charge is 0.148 e. The van der Waals surface area contributed by atoms with Crippen molar-refractivity contribution in [1.82, 2.24) is 14.8 Å². The minimum atomic E-state index is 0.366. The molecule has 0 bridgehead atoms. The maximum atomic E-state index is 5.79. The van der Waals surface area contributed by atoms with Gasteiger partial charge < -0.3 is 14.0 Å². The molecule has 0 aliphatic carbocycles. The first-order valence-electron chi connectivity index (χ1n) is 5.37. The van der Waals surface area contributed by atoms with Crippen LogP contribution in [-0.2, 0) is 28.3 Å². The predicted octanol–water partition coefficient (Wildman–Crippen LogP) is 1.24. The zero-order valence-corrected chi connectivity index (χ0v) is 10.5. The molecule has 0 unspecified atom stereocenters. The average molecular weight is 248 g/mol. The van der Waals surface area contributed by atoms with Crippen LogP contribution in [0, 0.1) is 0 Å². The van der Waals surface area contributed by atoms with Gasteiger partial charge in [-0.25, -0.2) is 0 Å². The summed E-state index contributed by atoms with van der Waals surface area (Å²) in [5.74, 6) is 2.05. The van der Waals surface area contributed by atoms with E-state index in [4.69, 9.17) is 21.1 Å². The highest BCUT2D eigenvalue weighted by atomic mass is 35.5. The lowest BCUT2D eigenvalue weighted by Crippen LogP contribution is -2.12. The van der Waals surface area contributed by atoms with Crippen LogP contribution in [0.1, 0.15) is 18.6 Å². The van der Waals surface area contributed by atoms with E-state index in [1.54, 1.807) is 7.11 Å². The Balaban J connectivity index is 2.62. The number of hydrogen-bond acceptors (Lipinski definition) is 4. The molecule has 0 saturated heterocycles. The first-order chi connectivity index (χ1) is 7.83. The molecule has 0 aliphatic rings. The molecule has 0 N–H and O–H groups in total. The first-order valence-corrected chi connectivity index (χ1v) is 5.90. The second-order valence-corrected chi connectivity index (χ2v) is 3.52. The standard InChI is InChI=1S/C10H18ClN3O2/c1-3-16-6-4-9-12-13-10(8-11)14(9)5-7-15-2/h3-8H2,1-2H3. The third-order valence-electron chi connectivity index (χ3n) is 2.22. The van der Waals surface area contributed by atoms with Gasteiger partial charge in [-0.15, -0.1) is 21.8 Å². The lowest BCUT2D eigenvalue weighted by Gasteiger charge is -2.08. The summed E-state index contributed by atoms with van der Waals surface area (Å²) in [6.45, 7) is 4.70. The van der Waals surface area contributed by atoms with Crippen LogP contribution in [0.25, 0.3) is 0 Å². The van der Waals surface area contributed by atoms with Crippen molar-refractivity contribution >= 4 is 11.6 Å². The molecule has 0 radical (unpaired) electrons. The van der Waals surface area contributed by atoms with Gasteiger partial charge in [0.1, 0.15) is 11.6 Å². The molecule has 0 aliphatic heterocycles. The van der Waals surface area contributed by atoms with Crippen molar-refractivity contribution in [3.63, 3.8) is 0 Å². The van der Waals surface area contributed by atoms with Crippen LogP contribution < -0.4 is 0 Å². The highest BCUT2D eigenvalue weighted by molar-refractivity contribution is 6.16. The number of nitrogens with zero attached hydrogens (tertiary/aromatic N) is 3. The molecule has 1 aromatic rings. The van der Waals surface area contributed by atoms with E-state index >= 15 is 0 Å². The van der Waals surface area contributed by atoms with Gasteiger partial charge in [0.2, 0.25) is 0 Å². The van der Waals surface area contributed by atoms with Gasteiger partial charge in [-0.1, -0.05) is 0 Å². The molecule has 5 nitrogen and oxygen atoms in total. The van der Waals surface area contributed by atoms with Crippen molar-refractivity contribution in [2.24, 2.45) is 0 Å². The van der Waals surface area contributed by atoms with E-state index in [-0.39, 0.29) is 0 Å². The molecule has 0 amide bonds. The number of alkyl halides is 1. The summed E-state index contributed by atoms with van der Waals surface area (Å²) in [4.78, 5) is 0. The van der Waals surface area contributed by atoms with E-state index in [9.17, 15) is 0 Å². The third-order valence-corrected chi connectivity index (χ3v) is 2.46. The van der Waals surface area contributed by atoms with Gasteiger partial charge >= 0.3 is 0 Å². The molecule has 1 rings (SSSR count). The zero-order chi connectivity index (χ0) is 11.8. The number of hydrogen-bond donors (Lipinski definition) is 0. The summed E-state index contributed by atoms with van der Waals surface area (Å²) in [7, 11) is 1.67. The van der Waals surface area contributed by atoms with Crippen molar-refractivity contribution < 1.29 is 9.47 Å². The maximum Gasteiger partial charge on any atom is 0.148 e. The van der Waals surface area contributed by atoms with Gasteiger partial charge in [-0.2, -0.15) is 0 Å². The lowest BCUT2D eigenvalue weighted by molar-refractivity contribution is 0.147. The van der Waals surface area contributed by atoms with Gasteiger partial charge in [0.15, 0.2) is 0 Å². The number of methoxy groups -OCH3 is 1. The van der Waals surface area contributed by atoms with Gasteiger partial charge in [-0.3, -0.25) is 0 Å². The normalized spacial score (nSPS) is 10.9. The summed E-state index contributed by atoms with van der Waals surface area (Å²) in [5.41, 5.74) is 0. The van der Waals surface area contributed by atoms with Crippen LogP contribution in [0.4, 0.5) is 0 Å². The third kappa shape index (κ3) is 3.73. The van der Waals surface area contributed by atoms with Crippen LogP contribution in [0.15, 0.2) is 0 Å². The molecule has 6 heteroatoms. The second kappa shape index (κ2) is 7.60. The number of rotatable bonds is 8. The van der Waals surface area contributed by atoms with E-state index < -0.39 is 0 Å². The molecule has 0 fully saturated rings. The maximum absolute atomic E-state index is 5.79. The van der Waals surface area contributed by atoms with Crippen LogP contribution in [0.5, 0.6) is 0 Å². The van der Waals surface area contributed by atoms with Crippen molar-refractivity contribution in [3.05, 3.63) is 11.6 Å². The Morgan fingerprint density at radius 1 is 1.25 bits per heavy atom. The highest BCUT2D eigenvalue weighted by Gasteiger charge is 2.10. The van der Waals surface area contributed by atoms with Gasteiger partial charge in [-0.05, 0) is 6.92 Å². The van der Waals surface area contributed by atoms with Gasteiger partial charge in [0.25, 0.3) is 0 Å². The van der Waals surface area contributed by atoms with Crippen molar-refractivity contribution in [2.45, 2.75) is 25.8 Å². The summed E-state index contributed by atoms with van der Waals surface area (Å²) < 4.78 is 12.3. The molecule has 16 heavy (non-hydrogen) atoms. The Morgan fingerprint density at radius 3 is 2.62 bits per heavy atom. The molecule has 0 aromatic carbocycles. The molecule has 0 saturated carbocycles. The molecule has 1 aromatic heterocycles. The first kappa shape index (κ1) is 13.4. The Morgan fingerprint density at radius 2 is 2.00 bits per heavy atom. The Kier molecular flexibility index (Phi) is 6.37. The van der Waals surface area contributed by atoms with Crippen LogP contribution in [-0.4, -0.2) is 41.7 Å². The molecular weight excluding hydrogens is 230 g/mol. The minimum Gasteiger partial charge on any atom is -0.383 e. The van der Waals surface area contributed by atoms with Crippen LogP contribution >= 0.6 is 11.6 Å². The highest BCUT2D eigenvalue weighted by Crippen LogP contribution is 2.06. The fourth-order valence-corrected chi connectivity index (χ4v) is 1.60. The van der Waals surface area contributed by atoms with Crippen LogP contribution in [0.3, 0.4) is 0 Å². The van der Waals surface area contributed by atoms with Crippen LogP contribution in [0.2, 0.25) is 0 Å². The van der Waals surface area contributed by atoms with E-state index in [1.807, 2.05) is 11.5 Å². The monoisotopic (exact) mass is 247 g/mol. The summed E-state index contributed by atoms with van der Waals surface area (Å²) in [5, 5.41) is 8.14. The van der Waals surface area contributed by atoms with Crippen molar-refractivity contribution in [3.8, 4) is 0 Å². The minimum absolute atomic E-state index is 0.366. The summed E-state index contributed by atoms with van der Waals surface area (Å²) in [6, 6.07) is 0. The molecular formula is C10H18ClN3O2. The summed E-state index contributed by atoms with van der Waals surface area (Å²) in [6.07, 6.45) is 0.751. The number of aromatic nitrogens is 3. The predicted molar refractivity (Wildman–Crippen MR) is 61.7 cm³/mol. The largest absolute Gasteiger partial charge is 0.383 e. The molecule has 0 spiro atoms. The van der Waals surface area contributed by atoms with E-state index in [1.165, 1.54) is 0 Å². The van der Waals surface area contributed by atoms with Crippen molar-refractivity contribution in [1.29, 1.82) is 0 Å². The SMILES string of the molecule is CCOCCc1nnc(CCl)n1CCOC. The zero-order valence-electron chi connectivity index (χ0n) is 9.78. The molecule has 0 atom stereocenters. The van der Waals surface area contributed by atoms with Crippen molar-refractivity contribution in [2.75, 3.05) is 26.9 Å². The quantitative estimate of drug-likeness (QED) is 0.512. The topological polar surface area (TPSA) is 49.2 Å². The Bertz CT molecular complexity index is 304. The fraction of sp³-hybridized carbons (Fsp3) is 0.800. The van der Waals surface area contributed by atoms with E-state index in [0.717, 1.165) is 24.6 Å². The molecule has 92 valence electrons. The number of halogens is 1. The summed E-state index contributed by atoms with van der Waals surface area (Å²) >= 11 is 5.79. The lowest BCUT2D eigenvalue weighted by atomic mass is 10.4. The van der Waals surface area contributed by atoms with Gasteiger partial charge in [0.05, 0.1) is 19.1 Å². The second-order valence-electron chi connectivity index (χ2n) is 3.26. The average Bonchev–Trinajstić information content (AvgIpc) is 2.69. The van der Waals surface area contributed by atoms with E-state index in [0.29, 0.717) is 25.7 Å². The Labute approximate surface area is 101 Å². The van der Waals surface area contributed by atoms with Gasteiger partial charge in [0, 0.05) is 26.7 Å². The molecule has 1 heterocycles. The Hall–Kier alpha value is -0.650. The van der Waals surface area contributed by atoms with E-state index in [2.05, 4.69) is 10.2 Å². The fourth-order valence-electron chi connectivity index (χ4n) is 1.40. The number of ether oxygens (including phenoxy) is 2.